The van der Waals surface area contributed by atoms with Crippen LogP contribution in [0.25, 0.3) is 0 Å². The maximum atomic E-state index is 5.42. The number of nitrogens with zero attached hydrogens (tertiary/aromatic N) is 1. The van der Waals surface area contributed by atoms with Crippen LogP contribution in [0, 0.1) is 0 Å². The first-order valence-electron chi connectivity index (χ1n) is 4.23. The van der Waals surface area contributed by atoms with Crippen LogP contribution in [0.2, 0.25) is 0 Å². The second kappa shape index (κ2) is 3.15. The highest BCUT2D eigenvalue weighted by Gasteiger charge is 2.23. The molecular weight excluding hydrogens is 154 g/mol. The van der Waals surface area contributed by atoms with E-state index in [1.807, 2.05) is 0 Å². The van der Waals surface area contributed by atoms with Gasteiger partial charge in [0.2, 0.25) is 0 Å². The molecule has 1 aromatic heterocycles. The highest BCUT2D eigenvalue weighted by Crippen LogP contribution is 2.16. The van der Waals surface area contributed by atoms with Crippen LogP contribution in [-0.2, 0) is 4.74 Å². The van der Waals surface area contributed by atoms with E-state index in [1.165, 1.54) is 0 Å². The molecule has 2 N–H and O–H groups in total. The van der Waals surface area contributed by atoms with E-state index >= 15 is 0 Å². The van der Waals surface area contributed by atoms with Crippen LogP contribution in [0.4, 0.5) is 5.82 Å². The number of anilines is 1. The first kappa shape index (κ1) is 7.61. The van der Waals surface area contributed by atoms with Crippen molar-refractivity contribution in [2.75, 3.05) is 11.9 Å². The molecule has 0 aliphatic carbocycles. The molecule has 66 valence electrons. The third kappa shape index (κ3) is 1.43. The van der Waals surface area contributed by atoms with Gasteiger partial charge in [0, 0.05) is 6.61 Å². The Morgan fingerprint density at radius 2 is 2.67 bits per heavy atom. The molecule has 1 saturated heterocycles. The third-order valence-electron chi connectivity index (χ3n) is 2.22. The average Bonchev–Trinajstić information content (AvgIpc) is 2.65. The lowest BCUT2D eigenvalue weighted by Gasteiger charge is -2.15. The van der Waals surface area contributed by atoms with Gasteiger partial charge in [-0.1, -0.05) is 0 Å². The number of ether oxygens (including phenoxy) is 1. The van der Waals surface area contributed by atoms with Gasteiger partial charge in [-0.2, -0.15) is 0 Å². The molecule has 0 saturated carbocycles. The number of imidazole rings is 1. The number of H-pyrrole nitrogens is 1. The summed E-state index contributed by atoms with van der Waals surface area (Å²) in [5.74, 6) is 0.970. The van der Waals surface area contributed by atoms with E-state index in [9.17, 15) is 0 Å². The normalized spacial score (nSPS) is 29.1. The molecule has 4 heteroatoms. The van der Waals surface area contributed by atoms with Gasteiger partial charge < -0.3 is 15.0 Å². The van der Waals surface area contributed by atoms with Crippen LogP contribution >= 0.6 is 0 Å². The van der Waals surface area contributed by atoms with E-state index in [1.54, 1.807) is 12.5 Å². The van der Waals surface area contributed by atoms with Crippen LogP contribution in [0.1, 0.15) is 13.3 Å². The monoisotopic (exact) mass is 167 g/mol. The van der Waals surface area contributed by atoms with Crippen molar-refractivity contribution in [3.8, 4) is 0 Å². The minimum Gasteiger partial charge on any atom is -0.376 e. The summed E-state index contributed by atoms with van der Waals surface area (Å²) in [5.41, 5.74) is 0. The number of aromatic amines is 1. The Bertz CT molecular complexity index is 234. The largest absolute Gasteiger partial charge is 0.376 e. The summed E-state index contributed by atoms with van der Waals surface area (Å²) in [6, 6.07) is 0.422. The van der Waals surface area contributed by atoms with Gasteiger partial charge in [-0.3, -0.25) is 0 Å². The van der Waals surface area contributed by atoms with Gasteiger partial charge in [-0.25, -0.2) is 4.98 Å². The fourth-order valence-corrected chi connectivity index (χ4v) is 1.46. The quantitative estimate of drug-likeness (QED) is 0.690. The molecule has 0 bridgehead atoms. The fourth-order valence-electron chi connectivity index (χ4n) is 1.46. The average molecular weight is 167 g/mol. The topological polar surface area (TPSA) is 49.9 Å². The number of aromatic nitrogens is 2. The maximum Gasteiger partial charge on any atom is 0.123 e. The molecule has 1 aliphatic rings. The van der Waals surface area contributed by atoms with Gasteiger partial charge in [0.05, 0.1) is 24.7 Å². The predicted octanol–water partition coefficient (Wildman–Crippen LogP) is 0.999. The lowest BCUT2D eigenvalue weighted by Crippen LogP contribution is -2.26. The van der Waals surface area contributed by atoms with Crippen molar-refractivity contribution in [1.82, 2.24) is 9.97 Å². The molecule has 2 unspecified atom stereocenters. The lowest BCUT2D eigenvalue weighted by molar-refractivity contribution is 0.121. The molecule has 1 aromatic rings. The summed E-state index contributed by atoms with van der Waals surface area (Å²) < 4.78 is 5.42. The first-order chi connectivity index (χ1) is 5.86. The molecule has 12 heavy (non-hydrogen) atoms. The molecule has 1 aliphatic heterocycles. The van der Waals surface area contributed by atoms with Gasteiger partial charge >= 0.3 is 0 Å². The van der Waals surface area contributed by atoms with Crippen LogP contribution in [0.5, 0.6) is 0 Å². The SMILES string of the molecule is CC1OCCC1Nc1cnc[nH]1. The molecule has 0 aromatic carbocycles. The van der Waals surface area contributed by atoms with E-state index in [2.05, 4.69) is 22.2 Å². The van der Waals surface area contributed by atoms with Crippen molar-refractivity contribution < 1.29 is 4.74 Å². The van der Waals surface area contributed by atoms with Crippen molar-refractivity contribution in [2.45, 2.75) is 25.5 Å². The molecule has 4 nitrogen and oxygen atoms in total. The summed E-state index contributed by atoms with van der Waals surface area (Å²) in [4.78, 5) is 6.94. The lowest BCUT2D eigenvalue weighted by atomic mass is 10.1. The van der Waals surface area contributed by atoms with Crippen LogP contribution < -0.4 is 5.32 Å². The van der Waals surface area contributed by atoms with Crippen LogP contribution in [-0.4, -0.2) is 28.7 Å². The number of hydrogen-bond donors (Lipinski definition) is 2. The molecule has 2 atom stereocenters. The zero-order valence-electron chi connectivity index (χ0n) is 7.08. The number of nitrogens with one attached hydrogen (secondary N) is 2. The summed E-state index contributed by atoms with van der Waals surface area (Å²) in [6.45, 7) is 2.94. The van der Waals surface area contributed by atoms with E-state index in [-0.39, 0.29) is 0 Å². The predicted molar refractivity (Wildman–Crippen MR) is 46.0 cm³/mol. The van der Waals surface area contributed by atoms with Gasteiger partial charge in [0.25, 0.3) is 0 Å². The number of hydrogen-bond acceptors (Lipinski definition) is 3. The van der Waals surface area contributed by atoms with E-state index in [0.717, 1.165) is 18.8 Å². The molecule has 2 rings (SSSR count). The molecule has 0 radical (unpaired) electrons. The standard InChI is InChI=1S/C8H13N3O/c1-6-7(2-3-12-6)11-8-4-9-5-10-8/h4-7,11H,2-3H2,1H3,(H,9,10). The zero-order chi connectivity index (χ0) is 8.39. The summed E-state index contributed by atoms with van der Waals surface area (Å²) in [7, 11) is 0. The molecule has 0 amide bonds. The smallest absolute Gasteiger partial charge is 0.123 e. The Hall–Kier alpha value is -1.03. The Morgan fingerprint density at radius 1 is 1.75 bits per heavy atom. The van der Waals surface area contributed by atoms with Crippen molar-refractivity contribution in [3.63, 3.8) is 0 Å². The molecule has 2 heterocycles. The minimum absolute atomic E-state index is 0.299. The van der Waals surface area contributed by atoms with Crippen molar-refractivity contribution in [3.05, 3.63) is 12.5 Å². The molecule has 0 spiro atoms. The van der Waals surface area contributed by atoms with Gasteiger partial charge in [0.15, 0.2) is 0 Å². The highest BCUT2D eigenvalue weighted by atomic mass is 16.5. The second-order valence-electron chi connectivity index (χ2n) is 3.08. The van der Waals surface area contributed by atoms with Crippen molar-refractivity contribution in [2.24, 2.45) is 0 Å². The first-order valence-corrected chi connectivity index (χ1v) is 4.23. The summed E-state index contributed by atoms with van der Waals surface area (Å²) >= 11 is 0. The van der Waals surface area contributed by atoms with Gasteiger partial charge in [-0.05, 0) is 13.3 Å². The van der Waals surface area contributed by atoms with Crippen molar-refractivity contribution >= 4 is 5.82 Å². The third-order valence-corrected chi connectivity index (χ3v) is 2.22. The maximum absolute atomic E-state index is 5.42. The van der Waals surface area contributed by atoms with Gasteiger partial charge in [-0.15, -0.1) is 0 Å². The number of rotatable bonds is 2. The van der Waals surface area contributed by atoms with Gasteiger partial charge in [0.1, 0.15) is 5.82 Å². The summed E-state index contributed by atoms with van der Waals surface area (Å²) in [5, 5.41) is 3.33. The van der Waals surface area contributed by atoms with Crippen LogP contribution in [0.15, 0.2) is 12.5 Å². The Morgan fingerprint density at radius 3 is 3.25 bits per heavy atom. The minimum atomic E-state index is 0.299. The molecule has 1 fully saturated rings. The summed E-state index contributed by atoms with van der Waals surface area (Å²) in [6.07, 6.45) is 4.82. The van der Waals surface area contributed by atoms with E-state index in [4.69, 9.17) is 4.74 Å². The van der Waals surface area contributed by atoms with E-state index in [0.29, 0.717) is 12.1 Å². The zero-order valence-corrected chi connectivity index (χ0v) is 7.08. The highest BCUT2D eigenvalue weighted by molar-refractivity contribution is 5.32. The Kier molecular flexibility index (Phi) is 1.99. The Labute approximate surface area is 71.3 Å². The Balaban J connectivity index is 1.95. The van der Waals surface area contributed by atoms with Crippen LogP contribution in [0.3, 0.4) is 0 Å². The van der Waals surface area contributed by atoms with Crippen molar-refractivity contribution in [1.29, 1.82) is 0 Å². The fraction of sp³-hybridized carbons (Fsp3) is 0.625. The molecular formula is C8H13N3O. The second-order valence-corrected chi connectivity index (χ2v) is 3.08. The van der Waals surface area contributed by atoms with E-state index < -0.39 is 0 Å².